The van der Waals surface area contributed by atoms with Gasteiger partial charge < -0.3 is 14.5 Å². The van der Waals surface area contributed by atoms with E-state index in [0.29, 0.717) is 0 Å². The molecule has 24 heavy (non-hydrogen) atoms. The number of benzene rings is 1. The van der Waals surface area contributed by atoms with Crippen molar-refractivity contribution in [3.63, 3.8) is 0 Å². The molecule has 5 nitrogen and oxygen atoms in total. The highest BCUT2D eigenvalue weighted by atomic mass is 16.5. The van der Waals surface area contributed by atoms with E-state index in [1.54, 1.807) is 7.11 Å². The molecule has 1 fully saturated rings. The molecule has 5 heteroatoms. The summed E-state index contributed by atoms with van der Waals surface area (Å²) in [4.78, 5) is 14.4. The van der Waals surface area contributed by atoms with Crippen LogP contribution in [0.4, 0.5) is 0 Å². The molecule has 1 saturated heterocycles. The Morgan fingerprint density at radius 3 is 2.75 bits per heavy atom. The molecule has 2 aromatic rings. The van der Waals surface area contributed by atoms with Gasteiger partial charge >= 0.3 is 0 Å². The number of ether oxygens (including phenoxy) is 1. The summed E-state index contributed by atoms with van der Waals surface area (Å²) in [7, 11) is 3.96. The third kappa shape index (κ3) is 4.29. The van der Waals surface area contributed by atoms with Gasteiger partial charge in [-0.05, 0) is 45.0 Å². The van der Waals surface area contributed by atoms with Crippen molar-refractivity contribution in [2.45, 2.75) is 19.9 Å². The molecule has 1 atom stereocenters. The monoisotopic (exact) mass is 328 g/mol. The second kappa shape index (κ2) is 8.01. The lowest BCUT2D eigenvalue weighted by atomic mass is 10.1. The van der Waals surface area contributed by atoms with Crippen LogP contribution in [0.2, 0.25) is 0 Å². The molecular weight excluding hydrogens is 300 g/mol. The fraction of sp³-hybridized carbons (Fsp3) is 0.579. The molecule has 1 aliphatic heterocycles. The number of hydrogen-bond acceptors (Lipinski definition) is 5. The molecule has 0 spiro atoms. The number of aryl methyl sites for hydroxylation is 1. The molecule has 0 saturated carbocycles. The van der Waals surface area contributed by atoms with Gasteiger partial charge in [0.25, 0.3) is 0 Å². The summed E-state index contributed by atoms with van der Waals surface area (Å²) in [6, 6.07) is 8.09. The van der Waals surface area contributed by atoms with Gasteiger partial charge in [0, 0.05) is 33.3 Å². The van der Waals surface area contributed by atoms with Crippen molar-refractivity contribution in [1.82, 2.24) is 19.8 Å². The fourth-order valence-electron chi connectivity index (χ4n) is 3.52. The Morgan fingerprint density at radius 2 is 2.00 bits per heavy atom. The summed E-state index contributed by atoms with van der Waals surface area (Å²) in [5, 5.41) is 0. The Bertz CT molecular complexity index is 675. The minimum Gasteiger partial charge on any atom is -0.383 e. The second-order valence-electron chi connectivity index (χ2n) is 6.89. The SMILES string of the molecule is COCCN1CCC(CN(C)Cc2nc3ccccc3nc2C)C1. The topological polar surface area (TPSA) is 41.5 Å². The molecule has 0 amide bonds. The molecule has 0 bridgehead atoms. The van der Waals surface area contributed by atoms with Gasteiger partial charge in [-0.25, -0.2) is 9.97 Å². The summed E-state index contributed by atoms with van der Waals surface area (Å²) in [6.45, 7) is 8.27. The van der Waals surface area contributed by atoms with E-state index >= 15 is 0 Å². The maximum Gasteiger partial charge on any atom is 0.0890 e. The van der Waals surface area contributed by atoms with E-state index in [9.17, 15) is 0 Å². The summed E-state index contributed by atoms with van der Waals surface area (Å²) in [5.74, 6) is 0.737. The van der Waals surface area contributed by atoms with Crippen LogP contribution in [-0.4, -0.2) is 66.7 Å². The predicted molar refractivity (Wildman–Crippen MR) is 97.0 cm³/mol. The van der Waals surface area contributed by atoms with E-state index in [4.69, 9.17) is 14.7 Å². The molecule has 2 heterocycles. The fourth-order valence-corrected chi connectivity index (χ4v) is 3.52. The van der Waals surface area contributed by atoms with E-state index in [-0.39, 0.29) is 0 Å². The van der Waals surface area contributed by atoms with Crippen molar-refractivity contribution >= 4 is 11.0 Å². The number of hydrogen-bond donors (Lipinski definition) is 0. The zero-order valence-electron chi connectivity index (χ0n) is 15.0. The van der Waals surface area contributed by atoms with Crippen molar-refractivity contribution in [1.29, 1.82) is 0 Å². The van der Waals surface area contributed by atoms with Gasteiger partial charge in [-0.3, -0.25) is 0 Å². The van der Waals surface area contributed by atoms with E-state index in [1.807, 2.05) is 24.3 Å². The van der Waals surface area contributed by atoms with Crippen LogP contribution in [0.25, 0.3) is 11.0 Å². The van der Waals surface area contributed by atoms with Gasteiger partial charge in [0.15, 0.2) is 0 Å². The largest absolute Gasteiger partial charge is 0.383 e. The number of rotatable bonds is 7. The zero-order chi connectivity index (χ0) is 16.9. The van der Waals surface area contributed by atoms with Gasteiger partial charge in [-0.1, -0.05) is 12.1 Å². The quantitative estimate of drug-likeness (QED) is 0.780. The Balaban J connectivity index is 1.57. The van der Waals surface area contributed by atoms with Crippen LogP contribution in [-0.2, 0) is 11.3 Å². The molecular formula is C19H28N4O. The van der Waals surface area contributed by atoms with Gasteiger partial charge in [0.05, 0.1) is 29.0 Å². The number of likely N-dealkylation sites (tertiary alicyclic amines) is 1. The summed E-state index contributed by atoms with van der Waals surface area (Å²) in [5.41, 5.74) is 4.09. The number of fused-ring (bicyclic) bond motifs is 1. The number of para-hydroxylation sites is 2. The Kier molecular flexibility index (Phi) is 5.76. The van der Waals surface area contributed by atoms with Crippen molar-refractivity contribution in [2.24, 2.45) is 5.92 Å². The highest BCUT2D eigenvalue weighted by Crippen LogP contribution is 2.18. The van der Waals surface area contributed by atoms with Crippen LogP contribution < -0.4 is 0 Å². The summed E-state index contributed by atoms with van der Waals surface area (Å²) in [6.07, 6.45) is 1.27. The zero-order valence-corrected chi connectivity index (χ0v) is 15.0. The standard InChI is InChI=1S/C19H28N4O/c1-15-19(21-18-7-5-4-6-17(18)20-15)14-22(2)12-16-8-9-23(13-16)10-11-24-3/h4-7,16H,8-14H2,1-3H3. The molecule has 1 aliphatic rings. The van der Waals surface area contributed by atoms with Gasteiger partial charge in [0.2, 0.25) is 0 Å². The van der Waals surface area contributed by atoms with Crippen molar-refractivity contribution in [2.75, 3.05) is 46.9 Å². The average molecular weight is 328 g/mol. The molecule has 0 N–H and O–H groups in total. The first-order chi connectivity index (χ1) is 11.7. The molecule has 130 valence electrons. The first kappa shape index (κ1) is 17.3. The van der Waals surface area contributed by atoms with E-state index in [2.05, 4.69) is 23.8 Å². The van der Waals surface area contributed by atoms with Gasteiger partial charge in [-0.15, -0.1) is 0 Å². The third-order valence-corrected chi connectivity index (χ3v) is 4.81. The van der Waals surface area contributed by atoms with E-state index in [1.165, 1.54) is 19.5 Å². The van der Waals surface area contributed by atoms with Crippen LogP contribution in [0, 0.1) is 12.8 Å². The number of methoxy groups -OCH3 is 1. The van der Waals surface area contributed by atoms with Crippen LogP contribution in [0.1, 0.15) is 17.8 Å². The van der Waals surface area contributed by atoms with Crippen molar-refractivity contribution < 1.29 is 4.74 Å². The average Bonchev–Trinajstić information content (AvgIpc) is 3.01. The van der Waals surface area contributed by atoms with Gasteiger partial charge in [-0.2, -0.15) is 0 Å². The Labute approximate surface area is 144 Å². The highest BCUT2D eigenvalue weighted by molar-refractivity contribution is 5.74. The predicted octanol–water partition coefficient (Wildman–Crippen LogP) is 2.34. The lowest BCUT2D eigenvalue weighted by Crippen LogP contribution is -2.30. The first-order valence-electron chi connectivity index (χ1n) is 8.78. The maximum absolute atomic E-state index is 5.18. The van der Waals surface area contributed by atoms with Gasteiger partial charge in [0.1, 0.15) is 0 Å². The Morgan fingerprint density at radius 1 is 1.25 bits per heavy atom. The lowest BCUT2D eigenvalue weighted by Gasteiger charge is -2.22. The maximum atomic E-state index is 5.18. The minimum atomic E-state index is 0.737. The highest BCUT2D eigenvalue weighted by Gasteiger charge is 2.23. The lowest BCUT2D eigenvalue weighted by molar-refractivity contribution is 0.157. The molecule has 0 aliphatic carbocycles. The van der Waals surface area contributed by atoms with Crippen molar-refractivity contribution in [3.8, 4) is 0 Å². The first-order valence-corrected chi connectivity index (χ1v) is 8.78. The van der Waals surface area contributed by atoms with Crippen LogP contribution in [0.5, 0.6) is 0 Å². The van der Waals surface area contributed by atoms with E-state index in [0.717, 1.165) is 54.6 Å². The summed E-state index contributed by atoms with van der Waals surface area (Å²) >= 11 is 0. The number of nitrogens with zero attached hydrogens (tertiary/aromatic N) is 4. The van der Waals surface area contributed by atoms with E-state index < -0.39 is 0 Å². The van der Waals surface area contributed by atoms with Crippen molar-refractivity contribution in [3.05, 3.63) is 35.7 Å². The Hall–Kier alpha value is -1.56. The van der Waals surface area contributed by atoms with Crippen LogP contribution in [0.3, 0.4) is 0 Å². The molecule has 0 radical (unpaired) electrons. The smallest absolute Gasteiger partial charge is 0.0890 e. The molecule has 3 rings (SSSR count). The minimum absolute atomic E-state index is 0.737. The van der Waals surface area contributed by atoms with Crippen LogP contribution in [0.15, 0.2) is 24.3 Å². The molecule has 1 aromatic heterocycles. The molecule has 1 aromatic carbocycles. The summed E-state index contributed by atoms with van der Waals surface area (Å²) < 4.78 is 5.18. The van der Waals surface area contributed by atoms with Crippen LogP contribution >= 0.6 is 0 Å². The third-order valence-electron chi connectivity index (χ3n) is 4.81. The molecule has 1 unspecified atom stereocenters. The normalized spacial score (nSPS) is 18.8. The number of aromatic nitrogens is 2. The second-order valence-corrected chi connectivity index (χ2v) is 6.89.